The number of alkyl halides is 3. The first-order valence-electron chi connectivity index (χ1n) is 10.9. The predicted molar refractivity (Wildman–Crippen MR) is 124 cm³/mol. The average Bonchev–Trinajstić information content (AvgIpc) is 2.77. The van der Waals surface area contributed by atoms with E-state index in [9.17, 15) is 30.8 Å². The lowest BCUT2D eigenvalue weighted by Crippen LogP contribution is -2.35. The van der Waals surface area contributed by atoms with Crippen LogP contribution in [-0.2, 0) is 29.3 Å². The number of pyridine rings is 1. The Kier molecular flexibility index (Phi) is 8.21. The number of anilines is 2. The Morgan fingerprint density at radius 2 is 1.80 bits per heavy atom. The zero-order valence-corrected chi connectivity index (χ0v) is 20.1. The van der Waals surface area contributed by atoms with Gasteiger partial charge in [-0.1, -0.05) is 13.0 Å². The molecule has 1 aromatic heterocycles. The molecule has 0 bridgehead atoms. The van der Waals surface area contributed by atoms with Crippen molar-refractivity contribution in [1.82, 2.24) is 15.0 Å². The lowest BCUT2D eigenvalue weighted by Gasteiger charge is -2.33. The quantitative estimate of drug-likeness (QED) is 0.484. The van der Waals surface area contributed by atoms with Crippen LogP contribution in [0.1, 0.15) is 36.6 Å². The Hall–Kier alpha value is -2.93. The summed E-state index contributed by atoms with van der Waals surface area (Å²) in [6.07, 6.45) is -2.00. The van der Waals surface area contributed by atoms with Crippen LogP contribution in [-0.4, -0.2) is 38.8 Å². The number of halogens is 4. The number of amides is 2. The fourth-order valence-corrected chi connectivity index (χ4v) is 4.03. The first-order chi connectivity index (χ1) is 16.3. The molecule has 3 N–H and O–H groups in total. The van der Waals surface area contributed by atoms with Crippen LogP contribution in [0.25, 0.3) is 0 Å². The molecule has 192 valence electrons. The van der Waals surface area contributed by atoms with Crippen molar-refractivity contribution in [2.45, 2.75) is 39.0 Å². The second-order valence-electron chi connectivity index (χ2n) is 8.55. The molecule has 35 heavy (non-hydrogen) atoms. The molecule has 1 fully saturated rings. The summed E-state index contributed by atoms with van der Waals surface area (Å²) in [6, 6.07) is 5.19. The van der Waals surface area contributed by atoms with Gasteiger partial charge in [-0.05, 0) is 43.0 Å². The van der Waals surface area contributed by atoms with Gasteiger partial charge in [-0.15, -0.1) is 0 Å². The maximum absolute atomic E-state index is 14.0. The van der Waals surface area contributed by atoms with Crippen molar-refractivity contribution in [1.29, 1.82) is 0 Å². The maximum atomic E-state index is 14.0. The van der Waals surface area contributed by atoms with Crippen molar-refractivity contribution >= 4 is 27.6 Å². The molecule has 1 aliphatic heterocycles. The Labute approximate surface area is 201 Å². The predicted octanol–water partition coefficient (Wildman–Crippen LogP) is 3.85. The highest BCUT2D eigenvalue weighted by molar-refractivity contribution is 7.88. The topological polar surface area (TPSA) is 103 Å². The molecule has 0 atom stereocenters. The molecule has 8 nitrogen and oxygen atoms in total. The summed E-state index contributed by atoms with van der Waals surface area (Å²) in [6.45, 7) is 2.84. The Balaban J connectivity index is 1.70. The van der Waals surface area contributed by atoms with Crippen LogP contribution in [0, 0.1) is 11.7 Å². The van der Waals surface area contributed by atoms with E-state index in [-0.39, 0.29) is 30.2 Å². The normalized spacial score (nSPS) is 15.2. The molecule has 0 saturated carbocycles. The molecule has 13 heteroatoms. The van der Waals surface area contributed by atoms with Crippen LogP contribution >= 0.6 is 0 Å². The maximum Gasteiger partial charge on any atom is 0.433 e. The van der Waals surface area contributed by atoms with Crippen molar-refractivity contribution in [2.24, 2.45) is 5.92 Å². The minimum Gasteiger partial charge on any atom is -0.356 e. The number of hydrogen-bond donors (Lipinski definition) is 3. The molecule has 2 aromatic rings. The van der Waals surface area contributed by atoms with Gasteiger partial charge in [0, 0.05) is 43.0 Å². The fraction of sp³-hybridized carbons (Fsp3) is 0.455. The zero-order chi connectivity index (χ0) is 25.8. The highest BCUT2D eigenvalue weighted by Gasteiger charge is 2.34. The van der Waals surface area contributed by atoms with Crippen molar-refractivity contribution in [2.75, 3.05) is 29.6 Å². The van der Waals surface area contributed by atoms with Gasteiger partial charge in [-0.25, -0.2) is 27.3 Å². The number of carbonyl (C=O) groups is 1. The first kappa shape index (κ1) is 26.7. The van der Waals surface area contributed by atoms with Crippen molar-refractivity contribution in [3.63, 3.8) is 0 Å². The smallest absolute Gasteiger partial charge is 0.356 e. The highest BCUT2D eigenvalue weighted by Crippen LogP contribution is 2.32. The lowest BCUT2D eigenvalue weighted by molar-refractivity contribution is -0.141. The van der Waals surface area contributed by atoms with E-state index in [1.165, 1.54) is 18.2 Å². The van der Waals surface area contributed by atoms with Crippen LogP contribution in [0.5, 0.6) is 0 Å². The van der Waals surface area contributed by atoms with E-state index in [0.717, 1.165) is 31.2 Å². The van der Waals surface area contributed by atoms with Crippen LogP contribution in [0.15, 0.2) is 30.3 Å². The number of piperidine rings is 1. The number of benzene rings is 1. The summed E-state index contributed by atoms with van der Waals surface area (Å²) >= 11 is 0. The Bertz CT molecular complexity index is 1170. The van der Waals surface area contributed by atoms with Crippen LogP contribution in [0.2, 0.25) is 0 Å². The first-order valence-corrected chi connectivity index (χ1v) is 12.8. The standard InChI is InChI=1S/C22H27F4N5O3S/c1-14-7-9-31(10-8-14)20-15(3-6-19(30-20)22(24,25)26)12-27-21(32)29-17-4-5-18(23)16(11-17)13-28-35(2,33)34/h3-6,11,14,28H,7-10,12-13H2,1-2H3,(H2,27,29,32). The molecule has 0 spiro atoms. The number of hydrogen-bond acceptors (Lipinski definition) is 5. The number of rotatable bonds is 7. The van der Waals surface area contributed by atoms with E-state index in [4.69, 9.17) is 0 Å². The monoisotopic (exact) mass is 517 g/mol. The van der Waals surface area contributed by atoms with Crippen molar-refractivity contribution < 1.29 is 30.8 Å². The van der Waals surface area contributed by atoms with E-state index in [2.05, 4.69) is 27.3 Å². The zero-order valence-electron chi connectivity index (χ0n) is 19.2. The second-order valence-corrected chi connectivity index (χ2v) is 10.4. The molecular formula is C22H27F4N5O3S. The minimum atomic E-state index is -4.59. The van der Waals surface area contributed by atoms with E-state index >= 15 is 0 Å². The summed E-state index contributed by atoms with van der Waals surface area (Å²) in [5, 5.41) is 5.09. The van der Waals surface area contributed by atoms with Gasteiger partial charge in [0.05, 0.1) is 6.26 Å². The molecule has 0 radical (unpaired) electrons. The molecule has 1 saturated heterocycles. The number of sulfonamides is 1. The molecule has 2 heterocycles. The van der Waals surface area contributed by atoms with Gasteiger partial charge in [-0.3, -0.25) is 0 Å². The summed E-state index contributed by atoms with van der Waals surface area (Å²) < 4.78 is 78.4. The third-order valence-corrected chi connectivity index (χ3v) is 6.27. The molecule has 1 aromatic carbocycles. The highest BCUT2D eigenvalue weighted by atomic mass is 32.2. The van der Waals surface area contributed by atoms with Gasteiger partial charge in [0.15, 0.2) is 0 Å². The molecule has 0 unspecified atom stereocenters. The summed E-state index contributed by atoms with van der Waals surface area (Å²) in [5.74, 6) is 0.00371. The number of nitrogens with one attached hydrogen (secondary N) is 3. The molecule has 0 aliphatic carbocycles. The van der Waals surface area contributed by atoms with Gasteiger partial charge >= 0.3 is 12.2 Å². The average molecular weight is 518 g/mol. The summed E-state index contributed by atoms with van der Waals surface area (Å²) in [4.78, 5) is 18.1. The van der Waals surface area contributed by atoms with Gasteiger partial charge in [-0.2, -0.15) is 13.2 Å². The number of aromatic nitrogens is 1. The van der Waals surface area contributed by atoms with Crippen LogP contribution in [0.3, 0.4) is 0 Å². The Morgan fingerprint density at radius 3 is 2.43 bits per heavy atom. The molecular weight excluding hydrogens is 490 g/mol. The van der Waals surface area contributed by atoms with Gasteiger partial charge in [0.1, 0.15) is 17.3 Å². The minimum absolute atomic E-state index is 0.0294. The molecule has 2 amide bonds. The van der Waals surface area contributed by atoms with Crippen molar-refractivity contribution in [3.8, 4) is 0 Å². The van der Waals surface area contributed by atoms with Crippen molar-refractivity contribution in [3.05, 3.63) is 53.0 Å². The van der Waals surface area contributed by atoms with E-state index < -0.39 is 33.7 Å². The summed E-state index contributed by atoms with van der Waals surface area (Å²) in [5.41, 5.74) is -0.326. The summed E-state index contributed by atoms with van der Waals surface area (Å²) in [7, 11) is -3.54. The SMILES string of the molecule is CC1CCN(c2nc(C(F)(F)F)ccc2CNC(=O)Nc2ccc(F)c(CNS(C)(=O)=O)c2)CC1. The third-order valence-electron chi connectivity index (χ3n) is 5.60. The van der Waals surface area contributed by atoms with Gasteiger partial charge in [0.2, 0.25) is 10.0 Å². The van der Waals surface area contributed by atoms with Crippen LogP contribution in [0.4, 0.5) is 33.9 Å². The number of nitrogens with zero attached hydrogens (tertiary/aromatic N) is 2. The second kappa shape index (κ2) is 10.8. The fourth-order valence-electron chi connectivity index (χ4n) is 3.61. The van der Waals surface area contributed by atoms with Gasteiger partial charge in [0.25, 0.3) is 0 Å². The largest absolute Gasteiger partial charge is 0.433 e. The molecule has 3 rings (SSSR count). The van der Waals surface area contributed by atoms with Crippen LogP contribution < -0.4 is 20.3 Å². The van der Waals surface area contributed by atoms with Gasteiger partial charge < -0.3 is 15.5 Å². The van der Waals surface area contributed by atoms with E-state index in [1.54, 1.807) is 4.90 Å². The van der Waals surface area contributed by atoms with E-state index in [0.29, 0.717) is 24.6 Å². The number of carbonyl (C=O) groups excluding carboxylic acids is 1. The molecule has 1 aliphatic rings. The third kappa shape index (κ3) is 7.79. The Morgan fingerprint density at radius 1 is 1.11 bits per heavy atom. The van der Waals surface area contributed by atoms with E-state index in [1.807, 2.05) is 0 Å². The number of urea groups is 1. The lowest BCUT2D eigenvalue weighted by atomic mass is 9.99.